The third-order valence-corrected chi connectivity index (χ3v) is 2.06. The van der Waals surface area contributed by atoms with Crippen molar-refractivity contribution in [2.75, 3.05) is 18.2 Å². The summed E-state index contributed by atoms with van der Waals surface area (Å²) in [7, 11) is 0. The van der Waals surface area contributed by atoms with E-state index >= 15 is 0 Å². The molecule has 2 N–H and O–H groups in total. The lowest BCUT2D eigenvalue weighted by molar-refractivity contribution is -0.210. The molecule has 0 aromatic heterocycles. The quantitative estimate of drug-likeness (QED) is 0.776. The molecule has 1 aromatic rings. The molecule has 1 aliphatic heterocycles. The first-order valence-electron chi connectivity index (χ1n) is 4.52. The maximum Gasteiger partial charge on any atom is 0.335 e. The van der Waals surface area contributed by atoms with E-state index in [4.69, 9.17) is 10.0 Å². The van der Waals surface area contributed by atoms with Gasteiger partial charge in [0.1, 0.15) is 11.5 Å². The Balaban J connectivity index is 2.30. The molecule has 1 aliphatic rings. The minimum Gasteiger partial charge on any atom is -0.478 e. The highest BCUT2D eigenvalue weighted by Crippen LogP contribution is 2.21. The van der Waals surface area contributed by atoms with Crippen LogP contribution >= 0.6 is 0 Å². The van der Waals surface area contributed by atoms with Gasteiger partial charge in [-0.3, -0.25) is 4.84 Å². The van der Waals surface area contributed by atoms with Gasteiger partial charge in [-0.1, -0.05) is 5.64 Å². The Morgan fingerprint density at radius 1 is 1.56 bits per heavy atom. The lowest BCUT2D eigenvalue weighted by atomic mass is 10.2. The van der Waals surface area contributed by atoms with Crippen molar-refractivity contribution >= 4 is 11.7 Å². The van der Waals surface area contributed by atoms with E-state index in [-0.39, 0.29) is 11.3 Å². The van der Waals surface area contributed by atoms with E-state index in [0.29, 0.717) is 13.2 Å². The summed E-state index contributed by atoms with van der Waals surface area (Å²) in [5.74, 6) is -1.68. The second-order valence-electron chi connectivity index (χ2n) is 3.10. The Morgan fingerprint density at radius 3 is 3.00 bits per heavy atom. The molecule has 1 aromatic carbocycles. The van der Waals surface area contributed by atoms with E-state index in [9.17, 15) is 9.18 Å². The summed E-state index contributed by atoms with van der Waals surface area (Å²) >= 11 is 0. The van der Waals surface area contributed by atoms with Gasteiger partial charge in [-0.05, 0) is 18.2 Å². The van der Waals surface area contributed by atoms with E-state index in [2.05, 4.69) is 10.5 Å². The highest BCUT2D eigenvalue weighted by molar-refractivity contribution is 5.88. The lowest BCUT2D eigenvalue weighted by Crippen LogP contribution is -2.41. The second kappa shape index (κ2) is 4.44. The molecular formula is C9H9FN2O4. The van der Waals surface area contributed by atoms with Gasteiger partial charge in [0.2, 0.25) is 0 Å². The van der Waals surface area contributed by atoms with Crippen LogP contribution in [0, 0.1) is 5.82 Å². The number of nitrogens with one attached hydrogen (secondary N) is 1. The van der Waals surface area contributed by atoms with Crippen molar-refractivity contribution in [2.45, 2.75) is 0 Å². The zero-order chi connectivity index (χ0) is 11.5. The van der Waals surface area contributed by atoms with Crippen molar-refractivity contribution < 1.29 is 24.1 Å². The van der Waals surface area contributed by atoms with Crippen molar-refractivity contribution in [3.8, 4) is 0 Å². The predicted molar refractivity (Wildman–Crippen MR) is 50.9 cm³/mol. The fraction of sp³-hybridized carbons (Fsp3) is 0.222. The fourth-order valence-corrected chi connectivity index (χ4v) is 1.29. The number of hydrogen-bond acceptors (Lipinski definition) is 5. The van der Waals surface area contributed by atoms with Gasteiger partial charge in [0.15, 0.2) is 0 Å². The van der Waals surface area contributed by atoms with Crippen molar-refractivity contribution in [3.05, 3.63) is 29.6 Å². The Kier molecular flexibility index (Phi) is 3.00. The highest BCUT2D eigenvalue weighted by Gasteiger charge is 2.18. The number of nitrogens with zero attached hydrogens (tertiary/aromatic N) is 1. The van der Waals surface area contributed by atoms with Gasteiger partial charge in [0.05, 0.1) is 18.7 Å². The highest BCUT2D eigenvalue weighted by atomic mass is 19.1. The van der Waals surface area contributed by atoms with E-state index < -0.39 is 11.8 Å². The summed E-state index contributed by atoms with van der Waals surface area (Å²) in [4.78, 5) is 20.2. The molecule has 0 spiro atoms. The molecule has 0 unspecified atom stereocenters. The molecular weight excluding hydrogens is 219 g/mol. The summed E-state index contributed by atoms with van der Waals surface area (Å²) in [6.45, 7) is 0.601. The molecule has 0 radical (unpaired) electrons. The average molecular weight is 228 g/mol. The smallest absolute Gasteiger partial charge is 0.335 e. The molecule has 0 amide bonds. The largest absolute Gasteiger partial charge is 0.478 e. The third kappa shape index (κ3) is 2.11. The van der Waals surface area contributed by atoms with Crippen LogP contribution in [-0.4, -0.2) is 24.2 Å². The van der Waals surface area contributed by atoms with E-state index in [1.807, 2.05) is 0 Å². The van der Waals surface area contributed by atoms with Crippen LogP contribution in [0.4, 0.5) is 10.1 Å². The van der Waals surface area contributed by atoms with Gasteiger partial charge in [-0.15, -0.1) is 0 Å². The first-order chi connectivity index (χ1) is 7.68. The number of carboxylic acids is 1. The van der Waals surface area contributed by atoms with Crippen LogP contribution in [-0.2, 0) is 9.78 Å². The number of anilines is 1. The standard InChI is InChI=1S/C9H9FN2O4/c10-7-2-1-6(9(13)14)5-8(7)12-3-4-15-11-16-12/h1-2,5,11H,3-4H2,(H,13,14). The normalized spacial score (nSPS) is 16.2. The molecule has 1 heterocycles. The zero-order valence-corrected chi connectivity index (χ0v) is 8.14. The van der Waals surface area contributed by atoms with Crippen LogP contribution in [0.25, 0.3) is 0 Å². The van der Waals surface area contributed by atoms with Crippen LogP contribution < -0.4 is 10.7 Å². The summed E-state index contributed by atoms with van der Waals surface area (Å²) in [5.41, 5.74) is 2.16. The summed E-state index contributed by atoms with van der Waals surface area (Å²) < 4.78 is 13.4. The minimum atomic E-state index is -1.12. The van der Waals surface area contributed by atoms with Gasteiger partial charge >= 0.3 is 5.97 Å². The van der Waals surface area contributed by atoms with Crippen molar-refractivity contribution in [3.63, 3.8) is 0 Å². The van der Waals surface area contributed by atoms with Crippen LogP contribution in [0.2, 0.25) is 0 Å². The Labute approximate surface area is 90.0 Å². The topological polar surface area (TPSA) is 71.0 Å². The maximum absolute atomic E-state index is 13.4. The Bertz CT molecular complexity index is 406. The SMILES string of the molecule is O=C(O)c1ccc(F)c(N2CCONO2)c1. The van der Waals surface area contributed by atoms with Gasteiger partial charge in [0, 0.05) is 0 Å². The van der Waals surface area contributed by atoms with Crippen LogP contribution in [0.5, 0.6) is 0 Å². The number of hydrogen-bond donors (Lipinski definition) is 2. The minimum absolute atomic E-state index is 0.00788. The van der Waals surface area contributed by atoms with Gasteiger partial charge < -0.3 is 5.11 Å². The molecule has 0 saturated carbocycles. The summed E-state index contributed by atoms with van der Waals surface area (Å²) in [6.07, 6.45) is 0. The number of aromatic carboxylic acids is 1. The first kappa shape index (κ1) is 10.8. The number of carboxylic acid groups (broad SMARTS) is 1. The number of benzene rings is 1. The molecule has 1 fully saturated rings. The summed E-state index contributed by atoms with van der Waals surface area (Å²) in [5, 5.41) is 9.96. The molecule has 2 rings (SSSR count). The molecule has 86 valence electrons. The second-order valence-corrected chi connectivity index (χ2v) is 3.10. The van der Waals surface area contributed by atoms with Crippen molar-refractivity contribution in [1.82, 2.24) is 5.64 Å². The third-order valence-electron chi connectivity index (χ3n) is 2.06. The lowest BCUT2D eigenvalue weighted by Gasteiger charge is -2.27. The number of rotatable bonds is 2. The molecule has 0 bridgehead atoms. The van der Waals surface area contributed by atoms with Gasteiger partial charge in [-0.25, -0.2) is 14.2 Å². The summed E-state index contributed by atoms with van der Waals surface area (Å²) in [6, 6.07) is 3.47. The Hall–Kier alpha value is -1.70. The molecule has 1 saturated heterocycles. The fourth-order valence-electron chi connectivity index (χ4n) is 1.29. The predicted octanol–water partition coefficient (Wildman–Crippen LogP) is 0.712. The number of halogens is 1. The number of carbonyl (C=O) groups is 1. The van der Waals surface area contributed by atoms with Crippen LogP contribution in [0.15, 0.2) is 18.2 Å². The van der Waals surface area contributed by atoms with Crippen molar-refractivity contribution in [1.29, 1.82) is 0 Å². The maximum atomic E-state index is 13.4. The molecule has 16 heavy (non-hydrogen) atoms. The van der Waals surface area contributed by atoms with Gasteiger partial charge in [-0.2, -0.15) is 4.94 Å². The van der Waals surface area contributed by atoms with E-state index in [1.165, 1.54) is 17.2 Å². The van der Waals surface area contributed by atoms with E-state index in [0.717, 1.165) is 6.07 Å². The van der Waals surface area contributed by atoms with Gasteiger partial charge in [0.25, 0.3) is 0 Å². The Morgan fingerprint density at radius 2 is 2.38 bits per heavy atom. The van der Waals surface area contributed by atoms with E-state index in [1.54, 1.807) is 0 Å². The average Bonchev–Trinajstić information content (AvgIpc) is 2.30. The molecule has 6 nitrogen and oxygen atoms in total. The number of hydroxylamine groups is 1. The van der Waals surface area contributed by atoms with Crippen LogP contribution in [0.1, 0.15) is 10.4 Å². The molecule has 0 aliphatic carbocycles. The molecule has 0 atom stereocenters. The first-order valence-corrected chi connectivity index (χ1v) is 4.52. The van der Waals surface area contributed by atoms with Crippen LogP contribution in [0.3, 0.4) is 0 Å². The monoisotopic (exact) mass is 228 g/mol. The van der Waals surface area contributed by atoms with Crippen molar-refractivity contribution in [2.24, 2.45) is 0 Å². The molecule has 7 heteroatoms. The zero-order valence-electron chi connectivity index (χ0n) is 8.14.